The van der Waals surface area contributed by atoms with Gasteiger partial charge in [-0.05, 0) is 26.0 Å². The van der Waals surface area contributed by atoms with E-state index in [9.17, 15) is 4.79 Å². The van der Waals surface area contributed by atoms with E-state index in [-0.39, 0.29) is 12.1 Å². The van der Waals surface area contributed by atoms with Crippen molar-refractivity contribution < 1.29 is 9.53 Å². The van der Waals surface area contributed by atoms with E-state index in [1.807, 2.05) is 38.1 Å². The van der Waals surface area contributed by atoms with Crippen molar-refractivity contribution in [1.29, 1.82) is 0 Å². The third kappa shape index (κ3) is 5.24. The van der Waals surface area contributed by atoms with Gasteiger partial charge in [-0.3, -0.25) is 10.00 Å². The average molecular weight is 373 g/mol. The molecule has 0 saturated carbocycles. The van der Waals surface area contributed by atoms with Crippen molar-refractivity contribution in [1.82, 2.24) is 30.3 Å². The Hall–Kier alpha value is -3.01. The van der Waals surface area contributed by atoms with Crippen molar-refractivity contribution >= 4 is 22.5 Å². The Morgan fingerprint density at radius 3 is 2.85 bits per heavy atom. The molecule has 3 aromatic rings. The van der Waals surface area contributed by atoms with Crippen LogP contribution < -0.4 is 15.4 Å². The summed E-state index contributed by atoms with van der Waals surface area (Å²) in [6, 6.07) is 7.30. The van der Waals surface area contributed by atoms with Gasteiger partial charge >= 0.3 is 6.03 Å². The zero-order chi connectivity index (χ0) is 18.4. The van der Waals surface area contributed by atoms with E-state index in [4.69, 9.17) is 4.74 Å². The van der Waals surface area contributed by atoms with Gasteiger partial charge in [0.1, 0.15) is 25.0 Å². The number of nitrogens with one attached hydrogen (secondary N) is 2. The number of hydrogen-bond donors (Lipinski definition) is 2. The molecule has 0 saturated heterocycles. The van der Waals surface area contributed by atoms with E-state index in [0.29, 0.717) is 23.3 Å². The molecule has 0 fully saturated rings. The Morgan fingerprint density at radius 1 is 1.31 bits per heavy atom. The summed E-state index contributed by atoms with van der Waals surface area (Å²) >= 11 is 1.27. The molecule has 1 aromatic carbocycles. The standard InChI is InChI=1S/C16H19N7O2S/c1-11-3-5-13(6-4-11)25-8-14-21-22-16(26-14)20-15(24)19-12(2)7-23-10-17-9-18-23/h3-6,9-10,12H,7-8H2,1-2H3,(H2,19,20,22,24)/t12-/m1/s1. The summed E-state index contributed by atoms with van der Waals surface area (Å²) in [6.45, 7) is 4.72. The summed E-state index contributed by atoms with van der Waals surface area (Å²) in [5, 5.41) is 18.5. The normalized spacial score (nSPS) is 11.8. The molecule has 0 radical (unpaired) electrons. The monoisotopic (exact) mass is 373 g/mol. The largest absolute Gasteiger partial charge is 0.486 e. The molecule has 2 aromatic heterocycles. The van der Waals surface area contributed by atoms with Crippen molar-refractivity contribution in [2.45, 2.75) is 33.0 Å². The predicted molar refractivity (Wildman–Crippen MR) is 97.1 cm³/mol. The summed E-state index contributed by atoms with van der Waals surface area (Å²) in [5.74, 6) is 0.764. The molecule has 136 valence electrons. The SMILES string of the molecule is Cc1ccc(OCc2nnc(NC(=O)N[C@H](C)Cn3cncn3)s2)cc1. The van der Waals surface area contributed by atoms with Gasteiger partial charge in [-0.2, -0.15) is 5.10 Å². The Balaban J connectivity index is 1.45. The number of nitrogens with zero attached hydrogens (tertiary/aromatic N) is 5. The van der Waals surface area contributed by atoms with Gasteiger partial charge in [0.25, 0.3) is 0 Å². The highest BCUT2D eigenvalue weighted by molar-refractivity contribution is 7.15. The van der Waals surface area contributed by atoms with Gasteiger partial charge in [-0.1, -0.05) is 29.0 Å². The first-order valence-electron chi connectivity index (χ1n) is 8.00. The summed E-state index contributed by atoms with van der Waals surface area (Å²) in [5.41, 5.74) is 1.17. The molecule has 2 N–H and O–H groups in total. The average Bonchev–Trinajstić information content (AvgIpc) is 3.26. The molecule has 0 aliphatic rings. The highest BCUT2D eigenvalue weighted by atomic mass is 32.1. The van der Waals surface area contributed by atoms with E-state index >= 15 is 0 Å². The van der Waals surface area contributed by atoms with Crippen LogP contribution in [0, 0.1) is 6.92 Å². The Kier molecular flexibility index (Phi) is 5.74. The van der Waals surface area contributed by atoms with Crippen LogP contribution >= 0.6 is 11.3 Å². The van der Waals surface area contributed by atoms with Crippen molar-refractivity contribution in [2.24, 2.45) is 0 Å². The summed E-state index contributed by atoms with van der Waals surface area (Å²) in [7, 11) is 0. The van der Waals surface area contributed by atoms with E-state index in [2.05, 4.69) is 30.9 Å². The number of amides is 2. The lowest BCUT2D eigenvalue weighted by Crippen LogP contribution is -2.38. The molecule has 1 atom stereocenters. The van der Waals surface area contributed by atoms with Crippen molar-refractivity contribution in [3.8, 4) is 5.75 Å². The number of aromatic nitrogens is 5. The molecule has 0 aliphatic heterocycles. The maximum absolute atomic E-state index is 12.0. The minimum Gasteiger partial charge on any atom is -0.486 e. The lowest BCUT2D eigenvalue weighted by molar-refractivity contribution is 0.247. The molecular weight excluding hydrogens is 354 g/mol. The van der Waals surface area contributed by atoms with Crippen LogP contribution in [0.2, 0.25) is 0 Å². The fourth-order valence-electron chi connectivity index (χ4n) is 2.15. The molecular formula is C16H19N7O2S. The van der Waals surface area contributed by atoms with E-state index in [0.717, 1.165) is 5.75 Å². The smallest absolute Gasteiger partial charge is 0.321 e. The van der Waals surface area contributed by atoms with Gasteiger partial charge in [0.15, 0.2) is 5.01 Å². The van der Waals surface area contributed by atoms with E-state index in [1.165, 1.54) is 23.2 Å². The van der Waals surface area contributed by atoms with Crippen molar-refractivity contribution in [3.63, 3.8) is 0 Å². The minimum absolute atomic E-state index is 0.117. The summed E-state index contributed by atoms with van der Waals surface area (Å²) in [6.07, 6.45) is 3.05. The number of urea groups is 1. The van der Waals surface area contributed by atoms with Crippen LogP contribution in [0.5, 0.6) is 5.75 Å². The second-order valence-corrected chi connectivity index (χ2v) is 6.78. The Bertz CT molecular complexity index is 833. The molecule has 0 bridgehead atoms. The van der Waals surface area contributed by atoms with Gasteiger partial charge in [0.2, 0.25) is 5.13 Å². The number of rotatable bonds is 7. The van der Waals surface area contributed by atoms with Crippen LogP contribution in [0.25, 0.3) is 0 Å². The topological polar surface area (TPSA) is 107 Å². The molecule has 26 heavy (non-hydrogen) atoms. The lowest BCUT2D eigenvalue weighted by Gasteiger charge is -2.13. The quantitative estimate of drug-likeness (QED) is 0.658. The zero-order valence-corrected chi connectivity index (χ0v) is 15.2. The van der Waals surface area contributed by atoms with Gasteiger partial charge in [0.05, 0.1) is 6.54 Å². The van der Waals surface area contributed by atoms with E-state index < -0.39 is 0 Å². The van der Waals surface area contributed by atoms with Crippen LogP contribution in [0.15, 0.2) is 36.9 Å². The predicted octanol–water partition coefficient (Wildman–Crippen LogP) is 2.23. The van der Waals surface area contributed by atoms with Crippen LogP contribution in [-0.2, 0) is 13.2 Å². The third-order valence-corrected chi connectivity index (χ3v) is 4.19. The number of anilines is 1. The molecule has 0 unspecified atom stereocenters. The first-order valence-corrected chi connectivity index (χ1v) is 8.82. The first kappa shape index (κ1) is 17.8. The van der Waals surface area contributed by atoms with Gasteiger partial charge in [-0.25, -0.2) is 9.78 Å². The number of carbonyl (C=O) groups is 1. The summed E-state index contributed by atoms with van der Waals surface area (Å²) < 4.78 is 7.30. The maximum atomic E-state index is 12.0. The highest BCUT2D eigenvalue weighted by Gasteiger charge is 2.11. The van der Waals surface area contributed by atoms with Crippen LogP contribution in [0.3, 0.4) is 0 Å². The van der Waals surface area contributed by atoms with Crippen LogP contribution in [0.4, 0.5) is 9.93 Å². The van der Waals surface area contributed by atoms with Gasteiger partial charge < -0.3 is 10.1 Å². The van der Waals surface area contributed by atoms with Gasteiger partial charge in [0, 0.05) is 6.04 Å². The van der Waals surface area contributed by atoms with Crippen molar-refractivity contribution in [3.05, 3.63) is 47.5 Å². The summed E-state index contributed by atoms with van der Waals surface area (Å²) in [4.78, 5) is 15.9. The molecule has 2 amide bonds. The molecule has 3 rings (SSSR count). The maximum Gasteiger partial charge on any atom is 0.321 e. The second-order valence-electron chi connectivity index (χ2n) is 5.72. The molecule has 0 aliphatic carbocycles. The molecule has 2 heterocycles. The number of benzene rings is 1. The zero-order valence-electron chi connectivity index (χ0n) is 14.4. The minimum atomic E-state index is -0.347. The highest BCUT2D eigenvalue weighted by Crippen LogP contribution is 2.18. The van der Waals surface area contributed by atoms with E-state index in [1.54, 1.807) is 11.0 Å². The fraction of sp³-hybridized carbons (Fsp3) is 0.312. The number of hydrogen-bond acceptors (Lipinski definition) is 7. The first-order chi connectivity index (χ1) is 12.6. The number of carbonyl (C=O) groups excluding carboxylic acids is 1. The Morgan fingerprint density at radius 2 is 2.12 bits per heavy atom. The van der Waals surface area contributed by atoms with Crippen LogP contribution in [0.1, 0.15) is 17.5 Å². The lowest BCUT2D eigenvalue weighted by atomic mass is 10.2. The third-order valence-electron chi connectivity index (χ3n) is 3.38. The number of ether oxygens (including phenoxy) is 1. The number of aryl methyl sites for hydroxylation is 1. The van der Waals surface area contributed by atoms with Crippen LogP contribution in [-0.4, -0.2) is 37.0 Å². The Labute approximate surface area is 154 Å². The second kappa shape index (κ2) is 8.39. The molecule has 10 heteroatoms. The fourth-order valence-corrected chi connectivity index (χ4v) is 2.80. The molecule has 9 nitrogen and oxygen atoms in total. The van der Waals surface area contributed by atoms with Gasteiger partial charge in [-0.15, -0.1) is 10.2 Å². The molecule has 0 spiro atoms. The van der Waals surface area contributed by atoms with Crippen molar-refractivity contribution in [2.75, 3.05) is 5.32 Å².